The molecule has 0 radical (unpaired) electrons. The maximum absolute atomic E-state index is 12.4. The van der Waals surface area contributed by atoms with Crippen molar-refractivity contribution in [2.24, 2.45) is 0 Å². The van der Waals surface area contributed by atoms with Crippen molar-refractivity contribution in [2.75, 3.05) is 26.7 Å². The lowest BCUT2D eigenvalue weighted by Gasteiger charge is -2.18. The minimum atomic E-state index is -0.0453. The number of carbonyl (C=O) groups is 1. The average molecular weight is 391 g/mol. The van der Waals surface area contributed by atoms with E-state index in [4.69, 9.17) is 9.47 Å². The Labute approximate surface area is 170 Å². The normalized spacial score (nSPS) is 16.0. The summed E-state index contributed by atoms with van der Waals surface area (Å²) in [4.78, 5) is 18.8. The van der Waals surface area contributed by atoms with Crippen LogP contribution in [0.2, 0.25) is 0 Å². The topological polar surface area (TPSA) is 63.7 Å². The van der Waals surface area contributed by atoms with E-state index in [0.29, 0.717) is 25.5 Å². The van der Waals surface area contributed by atoms with E-state index in [1.807, 2.05) is 60.7 Å². The number of hydrogen-bond acceptors (Lipinski definition) is 4. The summed E-state index contributed by atoms with van der Waals surface area (Å²) in [5.74, 6) is 1.44. The van der Waals surface area contributed by atoms with Crippen molar-refractivity contribution in [1.82, 2.24) is 15.2 Å². The Kier molecular flexibility index (Phi) is 5.79. The number of fused-ring (bicyclic) bond motifs is 1. The van der Waals surface area contributed by atoms with Crippen LogP contribution in [0.4, 0.5) is 4.79 Å². The zero-order valence-electron chi connectivity index (χ0n) is 16.5. The number of rotatable bonds is 6. The van der Waals surface area contributed by atoms with Gasteiger partial charge >= 0.3 is 6.03 Å². The van der Waals surface area contributed by atoms with Gasteiger partial charge in [0.15, 0.2) is 0 Å². The second kappa shape index (κ2) is 8.82. The first-order valence-electron chi connectivity index (χ1n) is 9.89. The second-order valence-corrected chi connectivity index (χ2v) is 7.15. The van der Waals surface area contributed by atoms with E-state index in [-0.39, 0.29) is 12.1 Å². The van der Waals surface area contributed by atoms with Gasteiger partial charge in [-0.15, -0.1) is 0 Å². The van der Waals surface area contributed by atoms with Crippen molar-refractivity contribution in [3.05, 3.63) is 66.2 Å². The average Bonchev–Trinajstić information content (AvgIpc) is 3.23. The minimum absolute atomic E-state index is 0.0315. The third-order valence-electron chi connectivity index (χ3n) is 5.14. The predicted molar refractivity (Wildman–Crippen MR) is 112 cm³/mol. The highest BCUT2D eigenvalue weighted by Crippen LogP contribution is 2.20. The van der Waals surface area contributed by atoms with Crippen LogP contribution in [0.3, 0.4) is 0 Å². The van der Waals surface area contributed by atoms with Gasteiger partial charge in [0.25, 0.3) is 0 Å². The zero-order chi connectivity index (χ0) is 20.1. The molecule has 1 fully saturated rings. The third-order valence-corrected chi connectivity index (χ3v) is 5.14. The maximum atomic E-state index is 12.4. The van der Waals surface area contributed by atoms with Gasteiger partial charge in [0, 0.05) is 31.0 Å². The highest BCUT2D eigenvalue weighted by Gasteiger charge is 2.27. The largest absolute Gasteiger partial charge is 0.497 e. The lowest BCUT2D eigenvalue weighted by molar-refractivity contribution is 0.183. The molecule has 1 unspecified atom stereocenters. The molecular formula is C23H25N3O3. The molecule has 1 aliphatic heterocycles. The van der Waals surface area contributed by atoms with Gasteiger partial charge in [-0.3, -0.25) is 0 Å². The Morgan fingerprint density at radius 3 is 2.79 bits per heavy atom. The number of methoxy groups -OCH3 is 1. The van der Waals surface area contributed by atoms with Crippen molar-refractivity contribution >= 4 is 16.9 Å². The smallest absolute Gasteiger partial charge is 0.317 e. The Morgan fingerprint density at radius 2 is 1.97 bits per heavy atom. The molecule has 0 bridgehead atoms. The van der Waals surface area contributed by atoms with E-state index in [2.05, 4.69) is 10.3 Å². The maximum Gasteiger partial charge on any atom is 0.317 e. The van der Waals surface area contributed by atoms with Crippen LogP contribution in [0, 0.1) is 0 Å². The molecule has 2 amide bonds. The lowest BCUT2D eigenvalue weighted by atomic mass is 10.1. The molecule has 4 rings (SSSR count). The number of hydrogen-bond donors (Lipinski definition) is 1. The highest BCUT2D eigenvalue weighted by molar-refractivity contribution is 5.78. The molecule has 2 heterocycles. The number of urea groups is 1. The molecule has 150 valence electrons. The van der Waals surface area contributed by atoms with E-state index in [1.54, 1.807) is 12.0 Å². The summed E-state index contributed by atoms with van der Waals surface area (Å²) in [5.41, 5.74) is 2.08. The van der Waals surface area contributed by atoms with Crippen LogP contribution in [0.25, 0.3) is 10.9 Å². The van der Waals surface area contributed by atoms with Crippen LogP contribution in [-0.4, -0.2) is 48.8 Å². The molecule has 29 heavy (non-hydrogen) atoms. The van der Waals surface area contributed by atoms with E-state index in [0.717, 1.165) is 35.1 Å². The summed E-state index contributed by atoms with van der Waals surface area (Å²) in [7, 11) is 1.65. The van der Waals surface area contributed by atoms with Crippen molar-refractivity contribution in [3.8, 4) is 11.6 Å². The van der Waals surface area contributed by atoms with E-state index in [1.165, 1.54) is 0 Å². The van der Waals surface area contributed by atoms with E-state index < -0.39 is 0 Å². The number of ether oxygens (including phenoxy) is 2. The van der Waals surface area contributed by atoms with Crippen molar-refractivity contribution in [2.45, 2.75) is 18.9 Å². The Balaban J connectivity index is 1.24. The molecule has 6 heteroatoms. The monoisotopic (exact) mass is 391 g/mol. The van der Waals surface area contributed by atoms with Gasteiger partial charge in [-0.05, 0) is 36.2 Å². The summed E-state index contributed by atoms with van der Waals surface area (Å²) in [6.07, 6.45) is 1.56. The number of benzene rings is 2. The quantitative estimate of drug-likeness (QED) is 0.697. The highest BCUT2D eigenvalue weighted by atomic mass is 16.5. The molecule has 1 atom stereocenters. The second-order valence-electron chi connectivity index (χ2n) is 7.15. The first-order valence-corrected chi connectivity index (χ1v) is 9.89. The molecule has 0 spiro atoms. The van der Waals surface area contributed by atoms with Crippen LogP contribution in [0.5, 0.6) is 11.6 Å². The Hall–Kier alpha value is -3.28. The summed E-state index contributed by atoms with van der Waals surface area (Å²) in [5, 5.41) is 4.08. The number of para-hydroxylation sites is 1. The fourth-order valence-corrected chi connectivity index (χ4v) is 3.51. The fraction of sp³-hybridized carbons (Fsp3) is 0.304. The lowest BCUT2D eigenvalue weighted by Crippen LogP contribution is -2.40. The molecule has 1 saturated heterocycles. The first-order chi connectivity index (χ1) is 14.2. The van der Waals surface area contributed by atoms with Crippen LogP contribution in [0.1, 0.15) is 12.0 Å². The van der Waals surface area contributed by atoms with Gasteiger partial charge in [0.1, 0.15) is 11.9 Å². The molecule has 3 aromatic rings. The van der Waals surface area contributed by atoms with Crippen molar-refractivity contribution in [1.29, 1.82) is 0 Å². The van der Waals surface area contributed by atoms with Gasteiger partial charge in [-0.25, -0.2) is 9.78 Å². The van der Waals surface area contributed by atoms with E-state index in [9.17, 15) is 4.79 Å². The summed E-state index contributed by atoms with van der Waals surface area (Å²) < 4.78 is 11.2. The number of nitrogens with one attached hydrogen (secondary N) is 1. The number of amides is 2. The summed E-state index contributed by atoms with van der Waals surface area (Å²) in [6.45, 7) is 1.86. The number of likely N-dealkylation sites (tertiary alicyclic amines) is 1. The summed E-state index contributed by atoms with van der Waals surface area (Å²) in [6, 6.07) is 19.7. The molecule has 0 saturated carbocycles. The van der Waals surface area contributed by atoms with Crippen LogP contribution in [-0.2, 0) is 6.42 Å². The van der Waals surface area contributed by atoms with Crippen molar-refractivity contribution in [3.63, 3.8) is 0 Å². The Morgan fingerprint density at radius 1 is 1.14 bits per heavy atom. The number of pyridine rings is 1. The predicted octanol–water partition coefficient (Wildman–Crippen LogP) is 3.65. The molecule has 1 aliphatic rings. The summed E-state index contributed by atoms with van der Waals surface area (Å²) >= 11 is 0. The van der Waals surface area contributed by atoms with E-state index >= 15 is 0 Å². The molecule has 1 aromatic heterocycles. The molecular weight excluding hydrogens is 366 g/mol. The van der Waals surface area contributed by atoms with Crippen molar-refractivity contribution < 1.29 is 14.3 Å². The van der Waals surface area contributed by atoms with Gasteiger partial charge in [0.2, 0.25) is 5.88 Å². The number of aromatic nitrogens is 1. The minimum Gasteiger partial charge on any atom is -0.497 e. The number of nitrogens with zero attached hydrogens (tertiary/aromatic N) is 2. The zero-order valence-corrected chi connectivity index (χ0v) is 16.5. The van der Waals surface area contributed by atoms with Gasteiger partial charge in [-0.2, -0.15) is 0 Å². The van der Waals surface area contributed by atoms with Gasteiger partial charge in [-0.1, -0.05) is 30.3 Å². The Bertz CT molecular complexity index is 975. The van der Waals surface area contributed by atoms with Crippen LogP contribution >= 0.6 is 0 Å². The van der Waals surface area contributed by atoms with Gasteiger partial charge in [0.05, 0.1) is 19.2 Å². The van der Waals surface area contributed by atoms with Gasteiger partial charge < -0.3 is 19.7 Å². The standard InChI is InChI=1S/C23H25N3O3/c1-28-19-9-6-17(7-10-19)12-14-24-23(27)26-15-13-20(16-26)29-22-11-8-18-4-2-3-5-21(18)25-22/h2-11,20H,12-16H2,1H3,(H,24,27). The molecule has 2 aromatic carbocycles. The molecule has 6 nitrogen and oxygen atoms in total. The fourth-order valence-electron chi connectivity index (χ4n) is 3.51. The molecule has 1 N–H and O–H groups in total. The third kappa shape index (κ3) is 4.77. The van der Waals surface area contributed by atoms with Crippen LogP contribution in [0.15, 0.2) is 60.7 Å². The van der Waals surface area contributed by atoms with Crippen LogP contribution < -0.4 is 14.8 Å². The SMILES string of the molecule is COc1ccc(CCNC(=O)N2CCC(Oc3ccc4ccccc4n3)C2)cc1. The molecule has 0 aliphatic carbocycles. The first kappa shape index (κ1) is 19.1. The number of carbonyl (C=O) groups excluding carboxylic acids is 1.